The Morgan fingerprint density at radius 2 is 1.65 bits per heavy atom. The lowest BCUT2D eigenvalue weighted by atomic mass is 10.0. The Bertz CT molecular complexity index is 815. The van der Waals surface area contributed by atoms with Crippen LogP contribution in [0.25, 0.3) is 0 Å². The molecule has 2 aromatic rings. The maximum absolute atomic E-state index is 12.7. The second-order valence-corrected chi connectivity index (χ2v) is 8.05. The average Bonchev–Trinajstić information content (AvgIpc) is 2.62. The molecule has 0 fully saturated rings. The summed E-state index contributed by atoms with van der Waals surface area (Å²) in [6.07, 6.45) is 0.225. The molecule has 2 rings (SSSR count). The third-order valence-electron chi connectivity index (χ3n) is 4.01. The van der Waals surface area contributed by atoms with E-state index in [0.29, 0.717) is 5.92 Å². The first-order valence-corrected chi connectivity index (χ1v) is 10.1. The standard InChI is InChI=1S/C20H25NO4S/c1-4-25-20(22)19(14-16-8-6-5-7-9-16)21-26(23,24)18-12-10-17(11-13-18)15(2)3/h5-13,15,19,21H,4,14H2,1-3H3/t19-/m1/s1. The minimum Gasteiger partial charge on any atom is -0.465 e. The maximum Gasteiger partial charge on any atom is 0.324 e. The summed E-state index contributed by atoms with van der Waals surface area (Å²) in [5.41, 5.74) is 1.90. The summed E-state index contributed by atoms with van der Waals surface area (Å²) in [6.45, 7) is 5.96. The topological polar surface area (TPSA) is 72.5 Å². The lowest BCUT2D eigenvalue weighted by molar-refractivity contribution is -0.145. The fraction of sp³-hybridized carbons (Fsp3) is 0.350. The summed E-state index contributed by atoms with van der Waals surface area (Å²) < 4.78 is 32.9. The first-order chi connectivity index (χ1) is 12.3. The van der Waals surface area contributed by atoms with E-state index in [9.17, 15) is 13.2 Å². The first kappa shape index (κ1) is 20.1. The van der Waals surface area contributed by atoms with Crippen LogP contribution in [0.1, 0.15) is 37.8 Å². The van der Waals surface area contributed by atoms with E-state index >= 15 is 0 Å². The molecular weight excluding hydrogens is 350 g/mol. The summed E-state index contributed by atoms with van der Waals surface area (Å²) in [7, 11) is -3.84. The Labute approximate surface area is 155 Å². The van der Waals surface area contributed by atoms with E-state index in [2.05, 4.69) is 4.72 Å². The number of carbonyl (C=O) groups excluding carboxylic acids is 1. The van der Waals surface area contributed by atoms with E-state index in [1.807, 2.05) is 44.2 Å². The highest BCUT2D eigenvalue weighted by molar-refractivity contribution is 7.89. The van der Waals surface area contributed by atoms with Crippen molar-refractivity contribution in [2.24, 2.45) is 0 Å². The van der Waals surface area contributed by atoms with Crippen LogP contribution >= 0.6 is 0 Å². The predicted molar refractivity (Wildman–Crippen MR) is 101 cm³/mol. The lowest BCUT2D eigenvalue weighted by Crippen LogP contribution is -2.43. The van der Waals surface area contributed by atoms with Crippen LogP contribution < -0.4 is 4.72 Å². The SMILES string of the molecule is CCOC(=O)[C@@H](Cc1ccccc1)NS(=O)(=O)c1ccc(C(C)C)cc1. The molecule has 140 valence electrons. The van der Waals surface area contributed by atoms with Crippen molar-refractivity contribution in [3.05, 3.63) is 65.7 Å². The molecule has 0 unspecified atom stereocenters. The number of esters is 1. The average molecular weight is 375 g/mol. The van der Waals surface area contributed by atoms with E-state index in [1.54, 1.807) is 31.2 Å². The molecule has 0 amide bonds. The second-order valence-electron chi connectivity index (χ2n) is 6.34. The second kappa shape index (κ2) is 8.96. The van der Waals surface area contributed by atoms with Crippen LogP contribution in [0.5, 0.6) is 0 Å². The van der Waals surface area contributed by atoms with Crippen molar-refractivity contribution in [2.45, 2.75) is 44.0 Å². The molecule has 0 aliphatic heterocycles. The minimum absolute atomic E-state index is 0.129. The number of benzene rings is 2. The molecule has 1 atom stereocenters. The molecule has 0 aromatic heterocycles. The zero-order chi connectivity index (χ0) is 19.2. The third-order valence-corrected chi connectivity index (χ3v) is 5.50. The Morgan fingerprint density at radius 1 is 1.04 bits per heavy atom. The van der Waals surface area contributed by atoms with Crippen molar-refractivity contribution < 1.29 is 17.9 Å². The summed E-state index contributed by atoms with van der Waals surface area (Å²) >= 11 is 0. The van der Waals surface area contributed by atoms with Gasteiger partial charge in [0.15, 0.2) is 0 Å². The monoisotopic (exact) mass is 375 g/mol. The van der Waals surface area contributed by atoms with Crippen LogP contribution in [0.15, 0.2) is 59.5 Å². The molecule has 26 heavy (non-hydrogen) atoms. The van der Waals surface area contributed by atoms with Gasteiger partial charge in [-0.2, -0.15) is 4.72 Å². The van der Waals surface area contributed by atoms with Gasteiger partial charge in [-0.1, -0.05) is 56.3 Å². The van der Waals surface area contributed by atoms with E-state index in [4.69, 9.17) is 4.74 Å². The number of nitrogens with one attached hydrogen (secondary N) is 1. The molecule has 2 aromatic carbocycles. The van der Waals surface area contributed by atoms with Gasteiger partial charge in [-0.05, 0) is 42.5 Å². The van der Waals surface area contributed by atoms with E-state index < -0.39 is 22.0 Å². The van der Waals surface area contributed by atoms with Gasteiger partial charge in [0.25, 0.3) is 0 Å². The Morgan fingerprint density at radius 3 is 2.19 bits per heavy atom. The number of carbonyl (C=O) groups is 1. The van der Waals surface area contributed by atoms with Crippen molar-refractivity contribution in [1.29, 1.82) is 0 Å². The van der Waals surface area contributed by atoms with Crippen molar-refractivity contribution in [3.8, 4) is 0 Å². The van der Waals surface area contributed by atoms with Gasteiger partial charge in [-0.3, -0.25) is 4.79 Å². The summed E-state index contributed by atoms with van der Waals surface area (Å²) in [5.74, 6) is -0.274. The smallest absolute Gasteiger partial charge is 0.324 e. The number of hydrogen-bond acceptors (Lipinski definition) is 4. The number of hydrogen-bond donors (Lipinski definition) is 1. The van der Waals surface area contributed by atoms with Crippen LogP contribution in [-0.2, 0) is 26.0 Å². The fourth-order valence-corrected chi connectivity index (χ4v) is 3.74. The molecule has 0 saturated carbocycles. The highest BCUT2D eigenvalue weighted by Crippen LogP contribution is 2.18. The summed E-state index contributed by atoms with van der Waals surface area (Å²) in [5, 5.41) is 0. The largest absolute Gasteiger partial charge is 0.465 e. The number of sulfonamides is 1. The Hall–Kier alpha value is -2.18. The van der Waals surface area contributed by atoms with Gasteiger partial charge in [0.05, 0.1) is 11.5 Å². The van der Waals surface area contributed by atoms with Crippen LogP contribution in [0, 0.1) is 0 Å². The van der Waals surface area contributed by atoms with Crippen LogP contribution in [0.3, 0.4) is 0 Å². The van der Waals surface area contributed by atoms with Crippen molar-refractivity contribution >= 4 is 16.0 Å². The molecule has 0 radical (unpaired) electrons. The molecular formula is C20H25NO4S. The van der Waals surface area contributed by atoms with Gasteiger partial charge in [0, 0.05) is 0 Å². The molecule has 0 spiro atoms. The highest BCUT2D eigenvalue weighted by Gasteiger charge is 2.27. The summed E-state index contributed by atoms with van der Waals surface area (Å²) in [6, 6.07) is 15.0. The van der Waals surface area contributed by atoms with Gasteiger partial charge in [-0.15, -0.1) is 0 Å². The molecule has 0 aliphatic carbocycles. The van der Waals surface area contributed by atoms with E-state index in [1.165, 1.54) is 0 Å². The number of rotatable bonds is 8. The van der Waals surface area contributed by atoms with E-state index in [-0.39, 0.29) is 17.9 Å². The van der Waals surface area contributed by atoms with E-state index in [0.717, 1.165) is 11.1 Å². The minimum atomic E-state index is -3.84. The van der Waals surface area contributed by atoms with Crippen molar-refractivity contribution in [3.63, 3.8) is 0 Å². The first-order valence-electron chi connectivity index (χ1n) is 8.66. The van der Waals surface area contributed by atoms with Crippen LogP contribution in [0.4, 0.5) is 0 Å². The molecule has 0 aliphatic rings. The molecule has 0 saturated heterocycles. The lowest BCUT2D eigenvalue weighted by Gasteiger charge is -2.18. The Kier molecular flexibility index (Phi) is 6.94. The molecule has 0 heterocycles. The van der Waals surface area contributed by atoms with Crippen molar-refractivity contribution in [1.82, 2.24) is 4.72 Å². The van der Waals surface area contributed by atoms with Crippen LogP contribution in [-0.4, -0.2) is 27.0 Å². The third kappa shape index (κ3) is 5.41. The Balaban J connectivity index is 2.23. The maximum atomic E-state index is 12.7. The van der Waals surface area contributed by atoms with Gasteiger partial charge < -0.3 is 4.74 Å². The number of ether oxygens (including phenoxy) is 1. The molecule has 5 nitrogen and oxygen atoms in total. The fourth-order valence-electron chi connectivity index (χ4n) is 2.55. The normalized spacial score (nSPS) is 12.8. The quantitative estimate of drug-likeness (QED) is 0.719. The molecule has 1 N–H and O–H groups in total. The van der Waals surface area contributed by atoms with Gasteiger partial charge in [0.2, 0.25) is 10.0 Å². The highest BCUT2D eigenvalue weighted by atomic mass is 32.2. The molecule has 0 bridgehead atoms. The zero-order valence-electron chi connectivity index (χ0n) is 15.3. The van der Waals surface area contributed by atoms with Gasteiger partial charge in [-0.25, -0.2) is 8.42 Å². The van der Waals surface area contributed by atoms with Crippen LogP contribution in [0.2, 0.25) is 0 Å². The zero-order valence-corrected chi connectivity index (χ0v) is 16.1. The predicted octanol–water partition coefficient (Wildman–Crippen LogP) is 3.26. The van der Waals surface area contributed by atoms with Gasteiger partial charge in [0.1, 0.15) is 6.04 Å². The molecule has 6 heteroatoms. The summed E-state index contributed by atoms with van der Waals surface area (Å²) in [4.78, 5) is 12.4. The van der Waals surface area contributed by atoms with Gasteiger partial charge >= 0.3 is 5.97 Å². The van der Waals surface area contributed by atoms with Crippen molar-refractivity contribution in [2.75, 3.05) is 6.61 Å².